The number of carbonyl (C=O) groups excluding carboxylic acids is 2. The predicted molar refractivity (Wildman–Crippen MR) is 108 cm³/mol. The third-order valence-corrected chi connectivity index (χ3v) is 5.10. The maximum absolute atomic E-state index is 12.7. The first-order chi connectivity index (χ1) is 14.0. The van der Waals surface area contributed by atoms with Gasteiger partial charge in [0.15, 0.2) is 0 Å². The van der Waals surface area contributed by atoms with Gasteiger partial charge in [0, 0.05) is 11.1 Å². The molecule has 3 aromatic carbocycles. The van der Waals surface area contributed by atoms with Gasteiger partial charge in [-0.05, 0) is 40.1 Å². The van der Waals surface area contributed by atoms with Crippen LogP contribution in [0.2, 0.25) is 0 Å². The third kappa shape index (κ3) is 2.84. The zero-order valence-corrected chi connectivity index (χ0v) is 15.9. The van der Waals surface area contributed by atoms with E-state index in [9.17, 15) is 19.5 Å². The maximum Gasteiger partial charge on any atom is 0.338 e. The Morgan fingerprint density at radius 3 is 2.31 bits per heavy atom. The molecule has 0 spiro atoms. The summed E-state index contributed by atoms with van der Waals surface area (Å²) in [6.07, 6.45) is -0.518. The summed E-state index contributed by atoms with van der Waals surface area (Å²) in [6.45, 7) is 1.77. The average Bonchev–Trinajstić information content (AvgIpc) is 3.06. The van der Waals surface area contributed by atoms with Crippen LogP contribution in [0.15, 0.2) is 48.0 Å². The van der Waals surface area contributed by atoms with E-state index in [1.54, 1.807) is 13.0 Å². The van der Waals surface area contributed by atoms with E-state index in [0.717, 1.165) is 21.5 Å². The van der Waals surface area contributed by atoms with E-state index in [1.807, 2.05) is 36.4 Å². The number of esters is 2. The number of carboxylic acid groups (broad SMARTS) is 1. The molecule has 0 amide bonds. The highest BCUT2D eigenvalue weighted by atomic mass is 16.5. The van der Waals surface area contributed by atoms with E-state index in [2.05, 4.69) is 0 Å². The van der Waals surface area contributed by atoms with Crippen molar-refractivity contribution in [2.75, 3.05) is 13.7 Å². The van der Waals surface area contributed by atoms with Gasteiger partial charge in [0.05, 0.1) is 31.3 Å². The minimum atomic E-state index is -1.16. The molecule has 0 unspecified atom stereocenters. The summed E-state index contributed by atoms with van der Waals surface area (Å²) >= 11 is 0. The molecule has 0 bridgehead atoms. The predicted octanol–water partition coefficient (Wildman–Crippen LogP) is 3.93. The van der Waals surface area contributed by atoms with Gasteiger partial charge in [-0.15, -0.1) is 0 Å². The highest BCUT2D eigenvalue weighted by Gasteiger charge is 2.32. The first-order valence-electron chi connectivity index (χ1n) is 9.17. The minimum absolute atomic E-state index is 0.0145. The van der Waals surface area contributed by atoms with Crippen molar-refractivity contribution in [2.45, 2.75) is 13.3 Å². The normalized spacial score (nSPS) is 13.7. The molecule has 1 aliphatic carbocycles. The van der Waals surface area contributed by atoms with Crippen molar-refractivity contribution in [3.8, 4) is 0 Å². The molecule has 3 aromatic rings. The average molecular weight is 390 g/mol. The molecule has 0 atom stereocenters. The van der Waals surface area contributed by atoms with Crippen molar-refractivity contribution in [1.82, 2.24) is 0 Å². The van der Waals surface area contributed by atoms with E-state index in [0.29, 0.717) is 16.7 Å². The molecular formula is C23H18O6. The van der Waals surface area contributed by atoms with Gasteiger partial charge in [0.2, 0.25) is 0 Å². The van der Waals surface area contributed by atoms with Crippen LogP contribution in [-0.4, -0.2) is 36.7 Å². The van der Waals surface area contributed by atoms with Crippen molar-refractivity contribution in [3.05, 3.63) is 64.7 Å². The molecular weight excluding hydrogens is 372 g/mol. The molecule has 6 nitrogen and oxygen atoms in total. The van der Waals surface area contributed by atoms with Gasteiger partial charge >= 0.3 is 17.9 Å². The Bertz CT molecular complexity index is 1240. The molecule has 0 radical (unpaired) electrons. The molecule has 6 heteroatoms. The van der Waals surface area contributed by atoms with Crippen LogP contribution in [0.5, 0.6) is 0 Å². The van der Waals surface area contributed by atoms with Gasteiger partial charge in [0.1, 0.15) is 0 Å². The van der Waals surface area contributed by atoms with E-state index >= 15 is 0 Å². The largest absolute Gasteiger partial charge is 0.481 e. The van der Waals surface area contributed by atoms with Crippen molar-refractivity contribution in [3.63, 3.8) is 0 Å². The summed E-state index contributed by atoms with van der Waals surface area (Å²) in [6, 6.07) is 13.0. The summed E-state index contributed by atoms with van der Waals surface area (Å²) in [5.74, 6) is -2.42. The van der Waals surface area contributed by atoms with Gasteiger partial charge in [-0.25, -0.2) is 9.59 Å². The summed E-state index contributed by atoms with van der Waals surface area (Å²) in [4.78, 5) is 36.8. The second-order valence-electron chi connectivity index (χ2n) is 6.69. The van der Waals surface area contributed by atoms with Crippen molar-refractivity contribution < 1.29 is 29.0 Å². The lowest BCUT2D eigenvalue weighted by atomic mass is 9.91. The standard InChI is InChI=1S/C23H18O6/c1-3-29-23(27)16(11-17(24)25)20-14-6-4-5-12-7-8-13-9-10-15(22(26)28-2)21(20)19(13)18(12)14/h4-10H,3,11H2,1-2H3,(H,24,25). The molecule has 29 heavy (non-hydrogen) atoms. The third-order valence-electron chi connectivity index (χ3n) is 5.10. The SMILES string of the molecule is CCOC(=O)C(CC(=O)O)=C1c2cccc3ccc4ccc(C(=O)OC)c1c4c23. The first-order valence-corrected chi connectivity index (χ1v) is 9.17. The van der Waals surface area contributed by atoms with Gasteiger partial charge in [-0.3, -0.25) is 4.79 Å². The van der Waals surface area contributed by atoms with Crippen molar-refractivity contribution in [1.29, 1.82) is 0 Å². The summed E-state index contributed by atoms with van der Waals surface area (Å²) in [5, 5.41) is 13.0. The zero-order chi connectivity index (χ0) is 20.7. The Balaban J connectivity index is 2.19. The topological polar surface area (TPSA) is 89.9 Å². The number of benzene rings is 3. The quantitative estimate of drug-likeness (QED) is 0.315. The number of hydrogen-bond acceptors (Lipinski definition) is 5. The number of ether oxygens (including phenoxy) is 2. The molecule has 0 saturated heterocycles. The van der Waals surface area contributed by atoms with Crippen molar-refractivity contribution in [2.24, 2.45) is 0 Å². The minimum Gasteiger partial charge on any atom is -0.481 e. The van der Waals surface area contributed by atoms with E-state index < -0.39 is 24.3 Å². The highest BCUT2D eigenvalue weighted by molar-refractivity contribution is 6.28. The maximum atomic E-state index is 12.7. The van der Waals surface area contributed by atoms with E-state index in [1.165, 1.54) is 7.11 Å². The zero-order valence-electron chi connectivity index (χ0n) is 15.9. The van der Waals surface area contributed by atoms with Crippen LogP contribution in [0.4, 0.5) is 0 Å². The van der Waals surface area contributed by atoms with Gasteiger partial charge in [-0.1, -0.05) is 36.4 Å². The monoisotopic (exact) mass is 390 g/mol. The summed E-state index contributed by atoms with van der Waals surface area (Å²) < 4.78 is 10.1. The van der Waals surface area contributed by atoms with Crippen LogP contribution in [-0.2, 0) is 19.1 Å². The van der Waals surface area contributed by atoms with Crippen molar-refractivity contribution >= 4 is 45.0 Å². The van der Waals surface area contributed by atoms with E-state index in [4.69, 9.17) is 9.47 Å². The molecule has 0 heterocycles. The van der Waals surface area contributed by atoms with Crippen LogP contribution >= 0.6 is 0 Å². The molecule has 1 N–H and O–H groups in total. The number of hydrogen-bond donors (Lipinski definition) is 1. The summed E-state index contributed by atoms with van der Waals surface area (Å²) in [5.41, 5.74) is 1.95. The van der Waals surface area contributed by atoms with E-state index in [-0.39, 0.29) is 17.7 Å². The fraction of sp³-hybridized carbons (Fsp3) is 0.174. The lowest BCUT2D eigenvalue weighted by Crippen LogP contribution is -2.15. The Morgan fingerprint density at radius 2 is 1.66 bits per heavy atom. The lowest BCUT2D eigenvalue weighted by molar-refractivity contribution is -0.142. The molecule has 0 fully saturated rings. The van der Waals surface area contributed by atoms with Gasteiger partial charge in [0.25, 0.3) is 0 Å². The Labute approximate surface area is 166 Å². The molecule has 0 saturated carbocycles. The van der Waals surface area contributed by atoms with Crippen LogP contribution in [0, 0.1) is 0 Å². The first kappa shape index (κ1) is 18.7. The van der Waals surface area contributed by atoms with Gasteiger partial charge in [-0.2, -0.15) is 0 Å². The Kier molecular flexibility index (Phi) is 4.54. The number of aliphatic carboxylic acids is 1. The summed E-state index contributed by atoms with van der Waals surface area (Å²) in [7, 11) is 1.29. The van der Waals surface area contributed by atoms with Crippen LogP contribution in [0.25, 0.3) is 27.1 Å². The lowest BCUT2D eigenvalue weighted by Gasteiger charge is -2.14. The van der Waals surface area contributed by atoms with Crippen LogP contribution in [0.3, 0.4) is 0 Å². The van der Waals surface area contributed by atoms with Crippen LogP contribution < -0.4 is 0 Å². The number of carbonyl (C=O) groups is 3. The second-order valence-corrected chi connectivity index (χ2v) is 6.69. The highest BCUT2D eigenvalue weighted by Crippen LogP contribution is 2.48. The fourth-order valence-electron chi connectivity index (χ4n) is 4.02. The molecule has 0 aliphatic heterocycles. The van der Waals surface area contributed by atoms with Crippen LogP contribution in [0.1, 0.15) is 34.8 Å². The second kappa shape index (κ2) is 7.05. The number of rotatable bonds is 5. The fourth-order valence-corrected chi connectivity index (χ4v) is 4.02. The van der Waals surface area contributed by atoms with Gasteiger partial charge < -0.3 is 14.6 Å². The molecule has 1 aliphatic rings. The molecule has 4 rings (SSSR count). The molecule has 0 aromatic heterocycles. The molecule has 146 valence electrons. The Hall–Kier alpha value is -3.67. The Morgan fingerprint density at radius 1 is 0.966 bits per heavy atom. The number of carboxylic acids is 1. The smallest absolute Gasteiger partial charge is 0.338 e. The number of methoxy groups -OCH3 is 1.